The molecule has 116 valence electrons. The number of carbonyl (C=O) groups is 1. The van der Waals surface area contributed by atoms with E-state index in [1.165, 1.54) is 12.5 Å². The number of hydrogen-bond acceptors (Lipinski definition) is 5. The summed E-state index contributed by atoms with van der Waals surface area (Å²) in [7, 11) is 1.56. The lowest BCUT2D eigenvalue weighted by Gasteiger charge is -2.11. The highest BCUT2D eigenvalue weighted by Gasteiger charge is 2.11. The number of hydrogen-bond donors (Lipinski definition) is 1. The molecule has 0 aliphatic carbocycles. The van der Waals surface area contributed by atoms with Crippen molar-refractivity contribution in [1.82, 2.24) is 5.43 Å². The van der Waals surface area contributed by atoms with Crippen molar-refractivity contribution in [1.29, 1.82) is 0 Å². The Balaban J connectivity index is 2.11. The van der Waals surface area contributed by atoms with Crippen molar-refractivity contribution in [2.24, 2.45) is 5.10 Å². The minimum Gasteiger partial charge on any atom is -0.493 e. The molecule has 1 aromatic heterocycles. The fraction of sp³-hybridized carbons (Fsp3) is 0.200. The van der Waals surface area contributed by atoms with Gasteiger partial charge in [0, 0.05) is 0 Å². The molecule has 0 atom stereocenters. The maximum absolute atomic E-state index is 11.7. The fourth-order valence-electron chi connectivity index (χ4n) is 1.73. The normalized spacial score (nSPS) is 10.7. The Hall–Kier alpha value is -2.28. The molecule has 2 aromatic rings. The zero-order valence-corrected chi connectivity index (χ0v) is 13.7. The third-order valence-electron chi connectivity index (χ3n) is 2.67. The molecule has 6 nitrogen and oxygen atoms in total. The molecular formula is C15H15BrN2O4. The van der Waals surface area contributed by atoms with Gasteiger partial charge >= 0.3 is 5.91 Å². The topological polar surface area (TPSA) is 73.1 Å². The van der Waals surface area contributed by atoms with Crippen LogP contribution in [0, 0.1) is 0 Å². The van der Waals surface area contributed by atoms with Gasteiger partial charge in [-0.15, -0.1) is 0 Å². The zero-order chi connectivity index (χ0) is 15.9. The predicted octanol–water partition coefficient (Wildman–Crippen LogP) is 3.21. The third kappa shape index (κ3) is 3.88. The van der Waals surface area contributed by atoms with E-state index in [0.29, 0.717) is 18.1 Å². The molecule has 1 N–H and O–H groups in total. The molecule has 0 spiro atoms. The summed E-state index contributed by atoms with van der Waals surface area (Å²) in [5.74, 6) is 0.984. The molecule has 0 unspecified atom stereocenters. The van der Waals surface area contributed by atoms with Gasteiger partial charge in [-0.05, 0) is 52.7 Å². The minimum absolute atomic E-state index is 0.197. The average Bonchev–Trinajstić information content (AvgIpc) is 3.04. The molecule has 0 radical (unpaired) electrons. The number of furan rings is 1. The van der Waals surface area contributed by atoms with Crippen molar-refractivity contribution in [3.8, 4) is 11.5 Å². The number of nitrogens with zero attached hydrogens (tertiary/aromatic N) is 1. The van der Waals surface area contributed by atoms with Crippen molar-refractivity contribution in [2.45, 2.75) is 6.92 Å². The highest BCUT2D eigenvalue weighted by molar-refractivity contribution is 9.10. The van der Waals surface area contributed by atoms with Crippen molar-refractivity contribution in [3.05, 3.63) is 46.3 Å². The summed E-state index contributed by atoms with van der Waals surface area (Å²) in [6.07, 6.45) is 2.93. The summed E-state index contributed by atoms with van der Waals surface area (Å²) in [6, 6.07) is 6.77. The number of amides is 1. The molecule has 0 bridgehead atoms. The summed E-state index contributed by atoms with van der Waals surface area (Å²) in [5, 5.41) is 3.89. The Morgan fingerprint density at radius 1 is 1.50 bits per heavy atom. The van der Waals surface area contributed by atoms with Gasteiger partial charge in [0.05, 0.1) is 30.7 Å². The van der Waals surface area contributed by atoms with E-state index in [-0.39, 0.29) is 5.76 Å². The fourth-order valence-corrected chi connectivity index (χ4v) is 2.30. The van der Waals surface area contributed by atoms with Crippen LogP contribution in [-0.4, -0.2) is 25.8 Å². The first-order valence-corrected chi connectivity index (χ1v) is 7.32. The maximum Gasteiger partial charge on any atom is 0.307 e. The van der Waals surface area contributed by atoms with Crippen LogP contribution in [0.15, 0.2) is 44.5 Å². The van der Waals surface area contributed by atoms with Gasteiger partial charge in [0.1, 0.15) is 0 Å². The summed E-state index contributed by atoms with van der Waals surface area (Å²) < 4.78 is 16.5. The van der Waals surface area contributed by atoms with Crippen molar-refractivity contribution >= 4 is 28.1 Å². The van der Waals surface area contributed by atoms with Crippen LogP contribution >= 0.6 is 15.9 Å². The maximum atomic E-state index is 11.7. The van der Waals surface area contributed by atoms with E-state index >= 15 is 0 Å². The molecule has 0 saturated carbocycles. The van der Waals surface area contributed by atoms with Crippen LogP contribution in [-0.2, 0) is 0 Å². The van der Waals surface area contributed by atoms with Gasteiger partial charge < -0.3 is 13.9 Å². The first-order valence-electron chi connectivity index (χ1n) is 6.53. The number of ether oxygens (including phenoxy) is 2. The molecule has 0 fully saturated rings. The van der Waals surface area contributed by atoms with Crippen LogP contribution in [0.5, 0.6) is 11.5 Å². The Labute approximate surface area is 136 Å². The lowest BCUT2D eigenvalue weighted by molar-refractivity contribution is 0.0927. The van der Waals surface area contributed by atoms with E-state index in [1.807, 2.05) is 13.0 Å². The number of nitrogens with one attached hydrogen (secondary N) is 1. The van der Waals surface area contributed by atoms with Gasteiger partial charge in [-0.2, -0.15) is 5.10 Å². The highest BCUT2D eigenvalue weighted by Crippen LogP contribution is 2.36. The molecule has 1 amide bonds. The molecule has 2 rings (SSSR count). The van der Waals surface area contributed by atoms with E-state index in [0.717, 1.165) is 10.0 Å². The number of hydrazone groups is 1. The molecule has 22 heavy (non-hydrogen) atoms. The van der Waals surface area contributed by atoms with Crippen LogP contribution in [0.4, 0.5) is 0 Å². The quantitative estimate of drug-likeness (QED) is 0.629. The van der Waals surface area contributed by atoms with Crippen molar-refractivity contribution < 1.29 is 18.7 Å². The highest BCUT2D eigenvalue weighted by atomic mass is 79.9. The lowest BCUT2D eigenvalue weighted by Crippen LogP contribution is -2.16. The summed E-state index contributed by atoms with van der Waals surface area (Å²) in [4.78, 5) is 11.7. The van der Waals surface area contributed by atoms with Gasteiger partial charge in [-0.1, -0.05) is 0 Å². The van der Waals surface area contributed by atoms with E-state index in [9.17, 15) is 4.79 Å². The monoisotopic (exact) mass is 366 g/mol. The van der Waals surface area contributed by atoms with Crippen molar-refractivity contribution in [2.75, 3.05) is 13.7 Å². The van der Waals surface area contributed by atoms with Gasteiger partial charge in [0.15, 0.2) is 17.3 Å². The van der Waals surface area contributed by atoms with Gasteiger partial charge in [-0.25, -0.2) is 5.43 Å². The Kier molecular flexibility index (Phi) is 5.60. The molecule has 0 saturated heterocycles. The lowest BCUT2D eigenvalue weighted by atomic mass is 10.2. The molecule has 0 aliphatic heterocycles. The second-order valence-electron chi connectivity index (χ2n) is 4.14. The second-order valence-corrected chi connectivity index (χ2v) is 5.00. The van der Waals surface area contributed by atoms with Gasteiger partial charge in [0.25, 0.3) is 0 Å². The van der Waals surface area contributed by atoms with Crippen LogP contribution < -0.4 is 14.9 Å². The molecule has 1 heterocycles. The summed E-state index contributed by atoms with van der Waals surface area (Å²) >= 11 is 3.42. The Morgan fingerprint density at radius 2 is 2.32 bits per heavy atom. The summed E-state index contributed by atoms with van der Waals surface area (Å²) in [6.45, 7) is 2.42. The number of benzene rings is 1. The van der Waals surface area contributed by atoms with Crippen LogP contribution in [0.1, 0.15) is 23.0 Å². The van der Waals surface area contributed by atoms with E-state index in [1.54, 1.807) is 25.3 Å². The van der Waals surface area contributed by atoms with Crippen molar-refractivity contribution in [3.63, 3.8) is 0 Å². The predicted molar refractivity (Wildman–Crippen MR) is 85.6 cm³/mol. The number of halogens is 1. The average molecular weight is 367 g/mol. The Morgan fingerprint density at radius 3 is 2.95 bits per heavy atom. The van der Waals surface area contributed by atoms with Crippen LogP contribution in [0.3, 0.4) is 0 Å². The Bertz CT molecular complexity index is 668. The largest absolute Gasteiger partial charge is 0.493 e. The number of rotatable bonds is 6. The number of carbonyl (C=O) groups excluding carboxylic acids is 1. The smallest absolute Gasteiger partial charge is 0.307 e. The van der Waals surface area contributed by atoms with E-state index in [2.05, 4.69) is 26.5 Å². The molecule has 7 heteroatoms. The SMILES string of the molecule is CCOc1c(Br)cc(/C=N\NC(=O)c2ccco2)cc1OC. The third-order valence-corrected chi connectivity index (χ3v) is 3.25. The molecule has 0 aliphatic rings. The van der Waals surface area contributed by atoms with Gasteiger partial charge in [-0.3, -0.25) is 4.79 Å². The van der Waals surface area contributed by atoms with Crippen LogP contribution in [0.25, 0.3) is 0 Å². The van der Waals surface area contributed by atoms with E-state index < -0.39 is 5.91 Å². The minimum atomic E-state index is -0.418. The summed E-state index contributed by atoms with van der Waals surface area (Å²) in [5.41, 5.74) is 3.12. The first kappa shape index (κ1) is 16.1. The zero-order valence-electron chi connectivity index (χ0n) is 12.1. The molecule has 1 aromatic carbocycles. The van der Waals surface area contributed by atoms with E-state index in [4.69, 9.17) is 13.9 Å². The van der Waals surface area contributed by atoms with Crippen LogP contribution in [0.2, 0.25) is 0 Å². The standard InChI is InChI=1S/C15H15BrN2O4/c1-3-21-14-11(16)7-10(8-13(14)20-2)9-17-18-15(19)12-5-4-6-22-12/h4-9H,3H2,1-2H3,(H,18,19)/b17-9-. The first-order chi connectivity index (χ1) is 10.7. The number of methoxy groups -OCH3 is 1. The second kappa shape index (κ2) is 7.65. The molecular weight excluding hydrogens is 352 g/mol. The van der Waals surface area contributed by atoms with Gasteiger partial charge in [0.2, 0.25) is 0 Å².